The molecule has 10 nitrogen and oxygen atoms in total. The van der Waals surface area contributed by atoms with Crippen molar-refractivity contribution >= 4 is 7.60 Å². The molecule has 2 unspecified atom stereocenters. The van der Waals surface area contributed by atoms with E-state index in [1.165, 1.54) is 12.0 Å². The van der Waals surface area contributed by atoms with Gasteiger partial charge in [-0.3, -0.25) is 14.3 Å². The summed E-state index contributed by atoms with van der Waals surface area (Å²) in [5.74, 6) is 1.02. The van der Waals surface area contributed by atoms with Crippen molar-refractivity contribution in [2.75, 3.05) is 33.0 Å². The summed E-state index contributed by atoms with van der Waals surface area (Å²) in [5.41, 5.74) is -0.812. The van der Waals surface area contributed by atoms with Gasteiger partial charge in [-0.2, -0.15) is 0 Å². The molecule has 1 aliphatic rings. The van der Waals surface area contributed by atoms with Gasteiger partial charge in [0.05, 0.1) is 26.0 Å². The molecule has 1 aromatic heterocycles. The molecule has 0 bridgehead atoms. The molecule has 11 heteroatoms. The van der Waals surface area contributed by atoms with Gasteiger partial charge in [-0.05, 0) is 40.0 Å². The maximum absolute atomic E-state index is 12.7. The van der Waals surface area contributed by atoms with Gasteiger partial charge in [-0.1, -0.05) is 6.08 Å². The van der Waals surface area contributed by atoms with E-state index < -0.39 is 18.8 Å². The first-order chi connectivity index (χ1) is 14.4. The van der Waals surface area contributed by atoms with E-state index >= 15 is 0 Å². The molecule has 1 aromatic rings. The maximum atomic E-state index is 12.7. The third kappa shape index (κ3) is 7.85. The predicted octanol–water partition coefficient (Wildman–Crippen LogP) is 2.21. The van der Waals surface area contributed by atoms with E-state index in [2.05, 4.69) is 4.98 Å². The average Bonchev–Trinajstić information content (AvgIpc) is 2.72. The molecule has 0 saturated carbocycles. The first-order valence-electron chi connectivity index (χ1n) is 10.1. The largest absolute Gasteiger partial charge is 0.409 e. The van der Waals surface area contributed by atoms with Gasteiger partial charge in [-0.25, -0.2) is 4.79 Å². The van der Waals surface area contributed by atoms with Crippen LogP contribution in [0.1, 0.15) is 38.7 Å². The maximum Gasteiger partial charge on any atom is 0.361 e. The van der Waals surface area contributed by atoms with Crippen molar-refractivity contribution in [1.82, 2.24) is 9.71 Å². The van der Waals surface area contributed by atoms with Crippen LogP contribution in [-0.4, -0.2) is 49.0 Å². The van der Waals surface area contributed by atoms with Crippen molar-refractivity contribution in [2.24, 2.45) is 5.92 Å². The number of H-pyrrole nitrogens is 1. The lowest BCUT2D eigenvalue weighted by Crippen LogP contribution is -2.37. The Labute approximate surface area is 175 Å². The van der Waals surface area contributed by atoms with Gasteiger partial charge in [0.25, 0.3) is 5.56 Å². The minimum atomic E-state index is -3.39. The molecule has 1 fully saturated rings. The van der Waals surface area contributed by atoms with Gasteiger partial charge >= 0.3 is 13.3 Å². The summed E-state index contributed by atoms with van der Waals surface area (Å²) in [6.45, 7) is 6.41. The van der Waals surface area contributed by atoms with Crippen molar-refractivity contribution in [3.63, 3.8) is 0 Å². The van der Waals surface area contributed by atoms with Crippen molar-refractivity contribution in [3.05, 3.63) is 44.5 Å². The first kappa shape index (κ1) is 24.6. The zero-order valence-electron chi connectivity index (χ0n) is 17.7. The third-order valence-electron chi connectivity index (χ3n) is 4.31. The van der Waals surface area contributed by atoms with Crippen LogP contribution in [0.4, 0.5) is 0 Å². The summed E-state index contributed by atoms with van der Waals surface area (Å²) in [5, 5.41) is 0. The van der Waals surface area contributed by atoms with Crippen molar-refractivity contribution < 1.29 is 27.9 Å². The van der Waals surface area contributed by atoms with Gasteiger partial charge in [0.2, 0.25) is 0 Å². The Bertz CT molecular complexity index is 834. The molecule has 30 heavy (non-hydrogen) atoms. The number of rotatable bonds is 12. The zero-order chi connectivity index (χ0) is 22.0. The van der Waals surface area contributed by atoms with Gasteiger partial charge in [0, 0.05) is 23.9 Å². The van der Waals surface area contributed by atoms with Crippen molar-refractivity contribution in [1.29, 1.82) is 0 Å². The van der Waals surface area contributed by atoms with Gasteiger partial charge < -0.3 is 23.4 Å². The molecule has 0 amide bonds. The van der Waals surface area contributed by atoms with Crippen LogP contribution in [0.15, 0.2) is 27.7 Å². The fourth-order valence-corrected chi connectivity index (χ4v) is 4.18. The normalized spacial score (nSPS) is 18.6. The smallest absolute Gasteiger partial charge is 0.361 e. The predicted molar refractivity (Wildman–Crippen MR) is 111 cm³/mol. The van der Waals surface area contributed by atoms with E-state index in [-0.39, 0.29) is 38.6 Å². The number of aryl methyl sites for hydroxylation is 1. The first-order valence-corrected chi connectivity index (χ1v) is 11.7. The van der Waals surface area contributed by atoms with E-state index in [4.69, 9.17) is 23.4 Å². The summed E-state index contributed by atoms with van der Waals surface area (Å²) in [4.78, 5) is 31.2. The van der Waals surface area contributed by atoms with Crippen LogP contribution in [0.25, 0.3) is 0 Å². The van der Waals surface area contributed by atoms with E-state index in [0.717, 1.165) is 24.0 Å². The Kier molecular flexibility index (Phi) is 10.0. The highest BCUT2D eigenvalue weighted by Crippen LogP contribution is 2.49. The second-order valence-electron chi connectivity index (χ2n) is 6.80. The third-order valence-corrected chi connectivity index (χ3v) is 6.08. The van der Waals surface area contributed by atoms with E-state index in [1.54, 1.807) is 26.8 Å². The quantitative estimate of drug-likeness (QED) is 0.486. The minimum absolute atomic E-state index is 0.0346. The van der Waals surface area contributed by atoms with E-state index in [1.807, 2.05) is 0 Å². The van der Waals surface area contributed by atoms with Crippen LogP contribution in [0, 0.1) is 12.8 Å². The molecular weight excluding hydrogens is 415 g/mol. The van der Waals surface area contributed by atoms with Gasteiger partial charge in [-0.15, -0.1) is 4.73 Å². The Morgan fingerprint density at radius 2 is 2.00 bits per heavy atom. The molecule has 0 aliphatic carbocycles. The molecule has 2 heterocycles. The molecule has 170 valence electrons. The lowest BCUT2D eigenvalue weighted by molar-refractivity contribution is -0.169. The summed E-state index contributed by atoms with van der Waals surface area (Å²) < 4.78 is 35.6. The highest BCUT2D eigenvalue weighted by Gasteiger charge is 2.22. The molecule has 0 radical (unpaired) electrons. The number of nitrogens with one attached hydrogen (secondary N) is 1. The molecule has 1 saturated heterocycles. The number of nitrogens with zero attached hydrogens (tertiary/aromatic N) is 1. The molecule has 2 rings (SSSR count). The average molecular weight is 446 g/mol. The van der Waals surface area contributed by atoms with Crippen LogP contribution in [0.5, 0.6) is 0 Å². The summed E-state index contributed by atoms with van der Waals surface area (Å²) in [7, 11) is -3.39. The summed E-state index contributed by atoms with van der Waals surface area (Å²) in [6, 6.07) is 0. The highest BCUT2D eigenvalue weighted by atomic mass is 31.2. The zero-order valence-corrected chi connectivity index (χ0v) is 18.6. The second kappa shape index (κ2) is 12.2. The van der Waals surface area contributed by atoms with Crippen molar-refractivity contribution in [3.8, 4) is 0 Å². The minimum Gasteiger partial charge on any atom is -0.409 e. The summed E-state index contributed by atoms with van der Waals surface area (Å²) >= 11 is 0. The lowest BCUT2D eigenvalue weighted by Gasteiger charge is -2.24. The Balaban J connectivity index is 2.10. The standard InChI is InChI=1S/C19H31N2O8P/c1-4-28-30(24,29-5-2)11-9-16(13-26-17-8-6-7-10-25-17)14-27-21-12-15(3)18(22)20-19(21)23/h9,11-12,16-17H,4-8,10,13-14H2,1-3H3,(H,20,22,23)/b11-9+. The van der Waals surface area contributed by atoms with Crippen LogP contribution in [-0.2, 0) is 23.1 Å². The monoisotopic (exact) mass is 446 g/mol. The number of hydrogen-bond acceptors (Lipinski definition) is 8. The Morgan fingerprint density at radius 1 is 1.27 bits per heavy atom. The fourth-order valence-electron chi connectivity index (χ4n) is 2.76. The van der Waals surface area contributed by atoms with Crippen molar-refractivity contribution in [2.45, 2.75) is 46.3 Å². The molecular formula is C19H31N2O8P. The molecule has 2 atom stereocenters. The lowest BCUT2D eigenvalue weighted by atomic mass is 10.2. The molecule has 0 aromatic carbocycles. The van der Waals surface area contributed by atoms with Crippen LogP contribution < -0.4 is 16.1 Å². The highest BCUT2D eigenvalue weighted by molar-refractivity contribution is 7.57. The van der Waals surface area contributed by atoms with E-state index in [0.29, 0.717) is 12.2 Å². The topological polar surface area (TPSA) is 118 Å². The number of hydrogen-bond donors (Lipinski definition) is 1. The second-order valence-corrected chi connectivity index (χ2v) is 8.69. The van der Waals surface area contributed by atoms with Crippen LogP contribution in [0.2, 0.25) is 0 Å². The number of ether oxygens (including phenoxy) is 2. The SMILES string of the molecule is CCOP(=O)(/C=C/C(COC1CCCCO1)COn1cc(C)c(=O)[nH]c1=O)OCC. The van der Waals surface area contributed by atoms with Crippen LogP contribution in [0.3, 0.4) is 0 Å². The van der Waals surface area contributed by atoms with Gasteiger partial charge in [0.1, 0.15) is 6.61 Å². The Morgan fingerprint density at radius 3 is 2.63 bits per heavy atom. The molecule has 0 spiro atoms. The Hall–Kier alpha value is -1.71. The summed E-state index contributed by atoms with van der Waals surface area (Å²) in [6.07, 6.45) is 5.48. The van der Waals surface area contributed by atoms with Crippen LogP contribution >= 0.6 is 7.60 Å². The number of aromatic amines is 1. The van der Waals surface area contributed by atoms with E-state index in [9.17, 15) is 14.2 Å². The van der Waals surface area contributed by atoms with Gasteiger partial charge in [0.15, 0.2) is 6.29 Å². The fraction of sp³-hybridized carbons (Fsp3) is 0.684. The molecule has 1 aliphatic heterocycles. The number of aromatic nitrogens is 2. The molecule has 1 N–H and O–H groups in total.